The van der Waals surface area contributed by atoms with Crippen molar-refractivity contribution in [2.45, 2.75) is 57.0 Å². The zero-order chi connectivity index (χ0) is 14.2. The lowest BCUT2D eigenvalue weighted by atomic mass is 9.80. The van der Waals surface area contributed by atoms with Crippen LogP contribution in [0.3, 0.4) is 0 Å². The molecule has 0 bridgehead atoms. The molecule has 0 radical (unpaired) electrons. The molecule has 8 heteroatoms. The maximum Gasteiger partial charge on any atom is 0.331 e. The van der Waals surface area contributed by atoms with Crippen LogP contribution in [0.15, 0.2) is 0 Å². The summed E-state index contributed by atoms with van der Waals surface area (Å²) < 4.78 is 16.6. The third kappa shape index (κ3) is 2.93. The Hall–Kier alpha value is -0.0100. The van der Waals surface area contributed by atoms with E-state index in [0.717, 1.165) is 0 Å². The highest BCUT2D eigenvalue weighted by molar-refractivity contribution is 7.53. The second kappa shape index (κ2) is 5.54. The molecule has 108 valence electrons. The van der Waals surface area contributed by atoms with Gasteiger partial charge < -0.3 is 25.3 Å². The molecule has 0 amide bonds. The third-order valence-electron chi connectivity index (χ3n) is 3.38. The summed E-state index contributed by atoms with van der Waals surface area (Å²) in [5.74, 6) is -0.777. The van der Waals surface area contributed by atoms with E-state index in [-0.39, 0.29) is 0 Å². The third-order valence-corrected chi connectivity index (χ3v) is 5.23. The van der Waals surface area contributed by atoms with Gasteiger partial charge >= 0.3 is 7.60 Å². The minimum Gasteiger partial charge on any atom is -0.390 e. The molecule has 7 nitrogen and oxygen atoms in total. The molecule has 0 spiro atoms. The van der Waals surface area contributed by atoms with Crippen LogP contribution >= 0.6 is 7.60 Å². The van der Waals surface area contributed by atoms with Gasteiger partial charge in [0.2, 0.25) is 0 Å². The Balaban J connectivity index is 2.90. The van der Waals surface area contributed by atoms with E-state index in [1.807, 2.05) is 0 Å². The Bertz CT molecular complexity index is 318. The fourth-order valence-electron chi connectivity index (χ4n) is 1.83. The molecule has 7 unspecified atom stereocenters. The first-order valence-corrected chi connectivity index (χ1v) is 7.47. The molecule has 0 saturated heterocycles. The van der Waals surface area contributed by atoms with Gasteiger partial charge in [-0.25, -0.2) is 0 Å². The van der Waals surface area contributed by atoms with Gasteiger partial charge in [0.25, 0.3) is 0 Å². The monoisotopic (exact) mass is 284 g/mol. The Morgan fingerprint density at radius 1 is 1.00 bits per heavy atom. The summed E-state index contributed by atoms with van der Waals surface area (Å²) in [5, 5.41) is 38.7. The van der Waals surface area contributed by atoms with E-state index < -0.39 is 49.7 Å². The van der Waals surface area contributed by atoms with Crippen molar-refractivity contribution in [1.29, 1.82) is 0 Å². The van der Waals surface area contributed by atoms with E-state index in [2.05, 4.69) is 0 Å². The first kappa shape index (κ1) is 16.0. The SMILES string of the molecule is CC1C(O)C(O)C(O)C(OP(=O)(O)C(C)C)C1O. The molecule has 1 fully saturated rings. The van der Waals surface area contributed by atoms with Crippen LogP contribution in [-0.4, -0.2) is 61.5 Å². The van der Waals surface area contributed by atoms with Gasteiger partial charge in [0, 0.05) is 5.92 Å². The molecule has 0 aliphatic heterocycles. The topological polar surface area (TPSA) is 127 Å². The minimum atomic E-state index is -3.99. The van der Waals surface area contributed by atoms with Gasteiger partial charge in [-0.15, -0.1) is 0 Å². The van der Waals surface area contributed by atoms with Crippen LogP contribution < -0.4 is 0 Å². The molecule has 18 heavy (non-hydrogen) atoms. The van der Waals surface area contributed by atoms with Crippen LogP contribution in [0.4, 0.5) is 0 Å². The molecule has 0 aromatic carbocycles. The maximum atomic E-state index is 11.7. The largest absolute Gasteiger partial charge is 0.390 e. The van der Waals surface area contributed by atoms with E-state index >= 15 is 0 Å². The molecule has 0 aromatic heterocycles. The molecule has 1 aliphatic rings. The highest BCUT2D eigenvalue weighted by Crippen LogP contribution is 2.50. The van der Waals surface area contributed by atoms with Crippen molar-refractivity contribution >= 4 is 7.60 Å². The second-order valence-corrected chi connectivity index (χ2v) is 7.42. The molecule has 5 N–H and O–H groups in total. The number of hydrogen-bond acceptors (Lipinski definition) is 6. The first-order chi connectivity index (χ1) is 8.09. The van der Waals surface area contributed by atoms with E-state index in [9.17, 15) is 29.9 Å². The summed E-state index contributed by atoms with van der Waals surface area (Å²) in [6.07, 6.45) is -7.20. The Morgan fingerprint density at radius 3 is 1.94 bits per heavy atom. The number of aliphatic hydroxyl groups excluding tert-OH is 4. The standard InChI is InChI=1S/C10H21O7P/c1-4(2)18(15,16)17-10-7(12)5(3)6(11)8(13)9(10)14/h4-14H,1-3H3,(H,15,16). The fourth-order valence-corrected chi connectivity index (χ4v) is 2.67. The maximum absolute atomic E-state index is 11.7. The van der Waals surface area contributed by atoms with Crippen LogP contribution in [-0.2, 0) is 9.09 Å². The van der Waals surface area contributed by atoms with Gasteiger partial charge in [0.15, 0.2) is 0 Å². The molecule has 1 aliphatic carbocycles. The molecule has 1 rings (SSSR count). The number of hydrogen-bond donors (Lipinski definition) is 5. The van der Waals surface area contributed by atoms with Gasteiger partial charge in [-0.05, 0) is 0 Å². The average molecular weight is 284 g/mol. The van der Waals surface area contributed by atoms with Crippen LogP contribution in [0.25, 0.3) is 0 Å². The summed E-state index contributed by atoms with van der Waals surface area (Å²) in [6, 6.07) is 0. The summed E-state index contributed by atoms with van der Waals surface area (Å²) >= 11 is 0. The van der Waals surface area contributed by atoms with Crippen molar-refractivity contribution in [2.75, 3.05) is 0 Å². The lowest BCUT2D eigenvalue weighted by Gasteiger charge is -2.43. The average Bonchev–Trinajstić information content (AvgIpc) is 2.29. The van der Waals surface area contributed by atoms with E-state index in [1.54, 1.807) is 0 Å². The normalized spacial score (nSPS) is 44.9. The second-order valence-electron chi connectivity index (χ2n) is 5.05. The van der Waals surface area contributed by atoms with Crippen molar-refractivity contribution < 1.29 is 34.4 Å². The van der Waals surface area contributed by atoms with Gasteiger partial charge in [-0.3, -0.25) is 9.09 Å². The zero-order valence-corrected chi connectivity index (χ0v) is 11.4. The molecule has 0 aromatic rings. The zero-order valence-electron chi connectivity index (χ0n) is 10.5. The summed E-state index contributed by atoms with van der Waals surface area (Å²) in [5.41, 5.74) is -0.698. The molecular formula is C10H21O7P. The summed E-state index contributed by atoms with van der Waals surface area (Å²) in [6.45, 7) is 4.40. The van der Waals surface area contributed by atoms with Crippen molar-refractivity contribution in [2.24, 2.45) is 5.92 Å². The van der Waals surface area contributed by atoms with Crippen molar-refractivity contribution in [3.8, 4) is 0 Å². The molecule has 7 atom stereocenters. The first-order valence-electron chi connectivity index (χ1n) is 5.82. The van der Waals surface area contributed by atoms with Crippen LogP contribution in [0.1, 0.15) is 20.8 Å². The number of rotatable bonds is 3. The Morgan fingerprint density at radius 2 is 1.50 bits per heavy atom. The molecule has 1 saturated carbocycles. The smallest absolute Gasteiger partial charge is 0.331 e. The fraction of sp³-hybridized carbons (Fsp3) is 1.00. The van der Waals surface area contributed by atoms with Gasteiger partial charge in [-0.1, -0.05) is 20.8 Å². The lowest BCUT2D eigenvalue weighted by molar-refractivity contribution is -0.194. The highest BCUT2D eigenvalue weighted by Gasteiger charge is 2.49. The van der Waals surface area contributed by atoms with Crippen LogP contribution in [0, 0.1) is 5.92 Å². The van der Waals surface area contributed by atoms with E-state index in [1.165, 1.54) is 20.8 Å². The highest BCUT2D eigenvalue weighted by atomic mass is 31.2. The molecular weight excluding hydrogens is 263 g/mol. The van der Waals surface area contributed by atoms with Crippen LogP contribution in [0.2, 0.25) is 0 Å². The Kier molecular flexibility index (Phi) is 4.94. The summed E-state index contributed by atoms with van der Waals surface area (Å²) in [4.78, 5) is 9.58. The lowest BCUT2D eigenvalue weighted by Crippen LogP contribution is -2.60. The van der Waals surface area contributed by atoms with Crippen LogP contribution in [0.5, 0.6) is 0 Å². The Labute approximate surface area is 106 Å². The molecule has 0 heterocycles. The van der Waals surface area contributed by atoms with Crippen molar-refractivity contribution in [1.82, 2.24) is 0 Å². The minimum absolute atomic E-state index is 0.698. The van der Waals surface area contributed by atoms with Crippen molar-refractivity contribution in [3.05, 3.63) is 0 Å². The predicted octanol–water partition coefficient (Wildman–Crippen LogP) is -0.941. The van der Waals surface area contributed by atoms with Gasteiger partial charge in [-0.2, -0.15) is 0 Å². The van der Waals surface area contributed by atoms with E-state index in [4.69, 9.17) is 4.52 Å². The predicted molar refractivity (Wildman–Crippen MR) is 63.0 cm³/mol. The number of aliphatic hydroxyl groups is 4. The van der Waals surface area contributed by atoms with Gasteiger partial charge in [0.1, 0.15) is 18.3 Å². The van der Waals surface area contributed by atoms with Crippen molar-refractivity contribution in [3.63, 3.8) is 0 Å². The van der Waals surface area contributed by atoms with Gasteiger partial charge in [0.05, 0.1) is 17.9 Å². The van der Waals surface area contributed by atoms with E-state index in [0.29, 0.717) is 0 Å². The quantitative estimate of drug-likeness (QED) is 0.423. The summed E-state index contributed by atoms with van der Waals surface area (Å²) in [7, 11) is -3.99.